The van der Waals surface area contributed by atoms with Gasteiger partial charge in [0, 0.05) is 11.7 Å². The number of nitrogen functional groups attached to an aromatic ring is 1. The van der Waals surface area contributed by atoms with E-state index < -0.39 is 0 Å². The van der Waals surface area contributed by atoms with Crippen molar-refractivity contribution in [1.82, 2.24) is 4.90 Å². The number of carbonyl (C=O) groups excluding carboxylic acids is 1. The van der Waals surface area contributed by atoms with Gasteiger partial charge in [-0.25, -0.2) is 0 Å². The Morgan fingerprint density at radius 1 is 1.45 bits per heavy atom. The Morgan fingerprint density at radius 3 is 2.55 bits per heavy atom. The van der Waals surface area contributed by atoms with E-state index in [0.29, 0.717) is 27.5 Å². The van der Waals surface area contributed by atoms with Crippen LogP contribution in [-0.4, -0.2) is 29.4 Å². The normalized spacial score (nSPS) is 20.9. The van der Waals surface area contributed by atoms with E-state index >= 15 is 0 Å². The molecule has 4 nitrogen and oxygen atoms in total. The summed E-state index contributed by atoms with van der Waals surface area (Å²) in [4.78, 5) is 14.5. The third-order valence-electron chi connectivity index (χ3n) is 3.79. The van der Waals surface area contributed by atoms with Gasteiger partial charge in [0.2, 0.25) is 5.91 Å². The highest BCUT2D eigenvalue weighted by Crippen LogP contribution is 2.33. The second-order valence-electron chi connectivity index (χ2n) is 5.25. The largest absolute Gasteiger partial charge is 0.399 e. The maximum atomic E-state index is 12.3. The van der Waals surface area contributed by atoms with Crippen LogP contribution in [0, 0.1) is 0 Å². The van der Waals surface area contributed by atoms with Gasteiger partial charge in [0.1, 0.15) is 0 Å². The lowest BCUT2D eigenvalue weighted by molar-refractivity contribution is -0.121. The van der Waals surface area contributed by atoms with Crippen molar-refractivity contribution in [2.45, 2.75) is 38.8 Å². The Hall–Kier alpha value is -0.970. The quantitative estimate of drug-likeness (QED) is 0.841. The standard InChI is InChI=1S/C14H19Cl2N3O/c1-8-4-3-5-19(8)9(2)14(20)18-13-11(15)6-10(17)7-12(13)16/h6-9H,3-5,17H2,1-2H3,(H,18,20). The van der Waals surface area contributed by atoms with Gasteiger partial charge in [0.15, 0.2) is 0 Å². The third kappa shape index (κ3) is 3.19. The number of carbonyl (C=O) groups is 1. The Kier molecular flexibility index (Phi) is 4.78. The van der Waals surface area contributed by atoms with Gasteiger partial charge < -0.3 is 11.1 Å². The summed E-state index contributed by atoms with van der Waals surface area (Å²) in [7, 11) is 0. The molecule has 1 aliphatic heterocycles. The van der Waals surface area contributed by atoms with Crippen LogP contribution in [0.5, 0.6) is 0 Å². The number of likely N-dealkylation sites (tertiary alicyclic amines) is 1. The molecule has 2 unspecified atom stereocenters. The van der Waals surface area contributed by atoms with Crippen LogP contribution in [0.2, 0.25) is 10.0 Å². The molecular weight excluding hydrogens is 297 g/mol. The third-order valence-corrected chi connectivity index (χ3v) is 4.39. The van der Waals surface area contributed by atoms with Gasteiger partial charge in [0.05, 0.1) is 21.8 Å². The first-order chi connectivity index (χ1) is 9.40. The number of hydrogen-bond donors (Lipinski definition) is 2. The summed E-state index contributed by atoms with van der Waals surface area (Å²) in [5.74, 6) is -0.104. The van der Waals surface area contributed by atoms with Gasteiger partial charge in [-0.05, 0) is 45.4 Å². The van der Waals surface area contributed by atoms with Crippen molar-refractivity contribution in [3.8, 4) is 0 Å². The van der Waals surface area contributed by atoms with Crippen molar-refractivity contribution in [3.05, 3.63) is 22.2 Å². The van der Waals surface area contributed by atoms with Crippen LogP contribution in [0.1, 0.15) is 26.7 Å². The van der Waals surface area contributed by atoms with Crippen molar-refractivity contribution >= 4 is 40.5 Å². The first-order valence-electron chi connectivity index (χ1n) is 6.71. The minimum absolute atomic E-state index is 0.104. The van der Waals surface area contributed by atoms with Crippen molar-refractivity contribution < 1.29 is 4.79 Å². The fourth-order valence-electron chi connectivity index (χ4n) is 2.62. The van der Waals surface area contributed by atoms with E-state index in [-0.39, 0.29) is 11.9 Å². The van der Waals surface area contributed by atoms with E-state index in [2.05, 4.69) is 17.1 Å². The highest BCUT2D eigenvalue weighted by Gasteiger charge is 2.29. The minimum atomic E-state index is -0.211. The monoisotopic (exact) mass is 315 g/mol. The van der Waals surface area contributed by atoms with Crippen LogP contribution >= 0.6 is 23.2 Å². The zero-order chi connectivity index (χ0) is 14.9. The lowest BCUT2D eigenvalue weighted by Gasteiger charge is -2.27. The summed E-state index contributed by atoms with van der Waals surface area (Å²) >= 11 is 12.2. The number of nitrogens with zero attached hydrogens (tertiary/aromatic N) is 1. The molecule has 1 aromatic rings. The highest BCUT2D eigenvalue weighted by atomic mass is 35.5. The molecule has 1 amide bonds. The number of halogens is 2. The van der Waals surface area contributed by atoms with Crippen LogP contribution in [-0.2, 0) is 4.79 Å². The number of hydrogen-bond acceptors (Lipinski definition) is 3. The number of amides is 1. The second-order valence-corrected chi connectivity index (χ2v) is 6.07. The van der Waals surface area contributed by atoms with Gasteiger partial charge in [0.25, 0.3) is 0 Å². The number of anilines is 2. The molecule has 1 aliphatic rings. The van der Waals surface area contributed by atoms with Gasteiger partial charge in [-0.3, -0.25) is 9.69 Å². The van der Waals surface area contributed by atoms with Crippen molar-refractivity contribution in [2.24, 2.45) is 0 Å². The zero-order valence-corrected chi connectivity index (χ0v) is 13.1. The molecule has 0 bridgehead atoms. The molecule has 3 N–H and O–H groups in total. The fourth-order valence-corrected chi connectivity index (χ4v) is 3.22. The molecular formula is C14H19Cl2N3O. The van der Waals surface area contributed by atoms with Crippen LogP contribution in [0.25, 0.3) is 0 Å². The summed E-state index contributed by atoms with van der Waals surface area (Å²) in [6, 6.07) is 3.36. The Balaban J connectivity index is 2.12. The summed E-state index contributed by atoms with van der Waals surface area (Å²) in [5, 5.41) is 3.51. The van der Waals surface area contributed by atoms with Gasteiger partial charge >= 0.3 is 0 Å². The number of nitrogens with one attached hydrogen (secondary N) is 1. The van der Waals surface area contributed by atoms with E-state index in [1.807, 2.05) is 6.92 Å². The molecule has 0 aromatic heterocycles. The number of rotatable bonds is 3. The lowest BCUT2D eigenvalue weighted by atomic mass is 10.2. The summed E-state index contributed by atoms with van der Waals surface area (Å²) in [6.45, 7) is 4.98. The van der Waals surface area contributed by atoms with Crippen LogP contribution in [0.3, 0.4) is 0 Å². The smallest absolute Gasteiger partial charge is 0.241 e. The molecule has 1 aromatic carbocycles. The van der Waals surface area contributed by atoms with E-state index in [4.69, 9.17) is 28.9 Å². The van der Waals surface area contributed by atoms with Gasteiger partial charge in [-0.2, -0.15) is 0 Å². The average Bonchev–Trinajstić information content (AvgIpc) is 2.78. The van der Waals surface area contributed by atoms with E-state index in [0.717, 1.165) is 19.4 Å². The van der Waals surface area contributed by atoms with Crippen LogP contribution in [0.15, 0.2) is 12.1 Å². The molecule has 0 aliphatic carbocycles. The molecule has 0 spiro atoms. The summed E-state index contributed by atoms with van der Waals surface area (Å²) < 4.78 is 0. The summed E-state index contributed by atoms with van der Waals surface area (Å²) in [5.41, 5.74) is 6.54. The molecule has 0 radical (unpaired) electrons. The van der Waals surface area contributed by atoms with Crippen molar-refractivity contribution in [1.29, 1.82) is 0 Å². The molecule has 1 saturated heterocycles. The van der Waals surface area contributed by atoms with Crippen LogP contribution in [0.4, 0.5) is 11.4 Å². The average molecular weight is 316 g/mol. The number of nitrogens with two attached hydrogens (primary N) is 1. The molecule has 0 saturated carbocycles. The topological polar surface area (TPSA) is 58.4 Å². The molecule has 1 fully saturated rings. The van der Waals surface area contributed by atoms with E-state index in [1.54, 1.807) is 12.1 Å². The Morgan fingerprint density at radius 2 is 2.05 bits per heavy atom. The summed E-state index contributed by atoms with van der Waals surface area (Å²) in [6.07, 6.45) is 2.25. The lowest BCUT2D eigenvalue weighted by Crippen LogP contribution is -2.43. The Bertz CT molecular complexity index is 498. The molecule has 2 atom stereocenters. The first kappa shape index (κ1) is 15.4. The van der Waals surface area contributed by atoms with Gasteiger partial charge in [-0.1, -0.05) is 23.2 Å². The van der Waals surface area contributed by atoms with E-state index in [9.17, 15) is 4.79 Å². The molecule has 1 heterocycles. The molecule has 6 heteroatoms. The second kappa shape index (κ2) is 6.20. The van der Waals surface area contributed by atoms with Crippen molar-refractivity contribution in [2.75, 3.05) is 17.6 Å². The highest BCUT2D eigenvalue weighted by molar-refractivity contribution is 6.40. The maximum absolute atomic E-state index is 12.3. The first-order valence-corrected chi connectivity index (χ1v) is 7.47. The van der Waals surface area contributed by atoms with Crippen LogP contribution < -0.4 is 11.1 Å². The molecule has 2 rings (SSSR count). The Labute approximate surface area is 129 Å². The number of benzene rings is 1. The molecule has 20 heavy (non-hydrogen) atoms. The predicted molar refractivity (Wildman–Crippen MR) is 84.4 cm³/mol. The maximum Gasteiger partial charge on any atom is 0.241 e. The fraction of sp³-hybridized carbons (Fsp3) is 0.500. The SMILES string of the molecule is CC1CCCN1C(C)C(=O)Nc1c(Cl)cc(N)cc1Cl. The predicted octanol–water partition coefficient (Wildman–Crippen LogP) is 3.39. The zero-order valence-electron chi connectivity index (χ0n) is 11.6. The van der Waals surface area contributed by atoms with Gasteiger partial charge in [-0.15, -0.1) is 0 Å². The van der Waals surface area contributed by atoms with E-state index in [1.165, 1.54) is 0 Å². The minimum Gasteiger partial charge on any atom is -0.399 e. The van der Waals surface area contributed by atoms with Crippen molar-refractivity contribution in [3.63, 3.8) is 0 Å². The molecule has 110 valence electrons.